The van der Waals surface area contributed by atoms with Gasteiger partial charge in [-0.1, -0.05) is 13.8 Å². The molecule has 0 atom stereocenters. The van der Waals surface area contributed by atoms with E-state index in [4.69, 9.17) is 4.74 Å². The minimum atomic E-state index is -3.77. The highest BCUT2D eigenvalue weighted by Crippen LogP contribution is 2.30. The molecule has 3 aromatic rings. The van der Waals surface area contributed by atoms with Gasteiger partial charge >= 0.3 is 0 Å². The van der Waals surface area contributed by atoms with Crippen LogP contribution in [0.5, 0.6) is 5.88 Å². The number of aromatic amines is 1. The van der Waals surface area contributed by atoms with E-state index in [-0.39, 0.29) is 22.1 Å². The van der Waals surface area contributed by atoms with Crippen LogP contribution < -0.4 is 10.3 Å². The lowest BCUT2D eigenvalue weighted by atomic mass is 10.2. The molecule has 0 bridgehead atoms. The fraction of sp³-hybridized carbons (Fsp3) is 0.545. The third-order valence-electron chi connectivity index (χ3n) is 6.01. The van der Waals surface area contributed by atoms with Gasteiger partial charge in [-0.3, -0.25) is 9.48 Å². The fourth-order valence-electron chi connectivity index (χ4n) is 4.30. The molecule has 0 spiro atoms. The van der Waals surface area contributed by atoms with Gasteiger partial charge in [-0.15, -0.1) is 0 Å². The summed E-state index contributed by atoms with van der Waals surface area (Å²) in [6, 6.07) is 1.48. The predicted molar refractivity (Wildman–Crippen MR) is 128 cm³/mol. The number of pyridine rings is 1. The molecule has 0 saturated carbocycles. The van der Waals surface area contributed by atoms with Crippen LogP contribution in [-0.2, 0) is 23.5 Å². The summed E-state index contributed by atoms with van der Waals surface area (Å²) >= 11 is 0. The molecular weight excluding hydrogens is 458 g/mol. The van der Waals surface area contributed by atoms with Crippen molar-refractivity contribution in [2.75, 3.05) is 39.3 Å². The first kappa shape index (κ1) is 24.3. The Balaban J connectivity index is 1.77. The van der Waals surface area contributed by atoms with Gasteiger partial charge < -0.3 is 14.6 Å². The summed E-state index contributed by atoms with van der Waals surface area (Å²) in [7, 11) is -2.01. The smallest absolute Gasteiger partial charge is 0.279 e. The lowest BCUT2D eigenvalue weighted by Crippen LogP contribution is -2.48. The van der Waals surface area contributed by atoms with Gasteiger partial charge in [0, 0.05) is 33.2 Å². The summed E-state index contributed by atoms with van der Waals surface area (Å²) in [4.78, 5) is 26.7. The quantitative estimate of drug-likeness (QED) is 0.503. The van der Waals surface area contributed by atoms with E-state index >= 15 is 0 Å². The standard InChI is InChI=1S/C22H31N7O4S/c1-5-8-28-9-11-29(12-10-28)34(31,32)15-13-16(22(23-14-15)33-7-3)20-24-18-17(6-2)27(4)26-19(18)21(30)25-20/h13-14H,5-12H2,1-4H3,(H,24,25,30). The molecule has 0 aliphatic carbocycles. The van der Waals surface area contributed by atoms with E-state index in [9.17, 15) is 13.2 Å². The largest absolute Gasteiger partial charge is 0.477 e. The SMILES string of the molecule is CCCN1CCN(S(=O)(=O)c2cnc(OCC)c(-c3nc4c(CC)n(C)nc4c(=O)[nH]3)c2)CC1. The number of nitrogens with zero attached hydrogens (tertiary/aromatic N) is 6. The minimum absolute atomic E-state index is 0.0412. The Morgan fingerprint density at radius 2 is 1.85 bits per heavy atom. The second kappa shape index (κ2) is 9.80. The number of nitrogens with one attached hydrogen (secondary N) is 1. The Labute approximate surface area is 198 Å². The van der Waals surface area contributed by atoms with Crippen molar-refractivity contribution in [2.45, 2.75) is 38.5 Å². The third kappa shape index (κ3) is 4.44. The van der Waals surface area contributed by atoms with Gasteiger partial charge in [0.05, 0.1) is 24.1 Å². The van der Waals surface area contributed by atoms with Gasteiger partial charge in [0.1, 0.15) is 16.2 Å². The average Bonchev–Trinajstić information content (AvgIpc) is 3.15. The number of hydrogen-bond donors (Lipinski definition) is 1. The summed E-state index contributed by atoms with van der Waals surface area (Å²) in [6.07, 6.45) is 2.98. The van der Waals surface area contributed by atoms with E-state index in [2.05, 4.69) is 31.9 Å². The topological polar surface area (TPSA) is 126 Å². The molecule has 0 radical (unpaired) electrons. The highest BCUT2D eigenvalue weighted by molar-refractivity contribution is 7.89. The molecule has 0 aromatic carbocycles. The molecule has 4 rings (SSSR count). The monoisotopic (exact) mass is 489 g/mol. The zero-order valence-corrected chi connectivity index (χ0v) is 20.9. The molecule has 1 N–H and O–H groups in total. The summed E-state index contributed by atoms with van der Waals surface area (Å²) < 4.78 is 35.6. The summed E-state index contributed by atoms with van der Waals surface area (Å²) in [6.45, 7) is 9.38. The lowest BCUT2D eigenvalue weighted by molar-refractivity contribution is 0.188. The first-order valence-electron chi connectivity index (χ1n) is 11.6. The van der Waals surface area contributed by atoms with Crippen LogP contribution in [0, 0.1) is 0 Å². The zero-order valence-electron chi connectivity index (χ0n) is 20.0. The summed E-state index contributed by atoms with van der Waals surface area (Å²) in [5.74, 6) is 0.402. The number of piperazine rings is 1. The molecule has 184 valence electrons. The Hall–Kier alpha value is -2.83. The number of fused-ring (bicyclic) bond motifs is 1. The number of sulfonamides is 1. The Morgan fingerprint density at radius 3 is 2.50 bits per heavy atom. The van der Waals surface area contributed by atoms with Crippen LogP contribution in [0.2, 0.25) is 0 Å². The van der Waals surface area contributed by atoms with Crippen LogP contribution in [-0.4, -0.2) is 81.7 Å². The van der Waals surface area contributed by atoms with E-state index in [1.165, 1.54) is 16.6 Å². The van der Waals surface area contributed by atoms with Gasteiger partial charge in [-0.05, 0) is 32.4 Å². The number of rotatable bonds is 8. The number of H-pyrrole nitrogens is 1. The van der Waals surface area contributed by atoms with E-state index in [0.29, 0.717) is 50.3 Å². The number of hydrogen-bond acceptors (Lipinski definition) is 8. The van der Waals surface area contributed by atoms with Crippen LogP contribution in [0.1, 0.15) is 32.9 Å². The molecule has 11 nitrogen and oxygen atoms in total. The summed E-state index contributed by atoms with van der Waals surface area (Å²) in [5.41, 5.74) is 1.44. The lowest BCUT2D eigenvalue weighted by Gasteiger charge is -2.33. The maximum Gasteiger partial charge on any atom is 0.279 e. The van der Waals surface area contributed by atoms with Crippen molar-refractivity contribution in [3.05, 3.63) is 28.3 Å². The van der Waals surface area contributed by atoms with Crippen molar-refractivity contribution >= 4 is 21.1 Å². The molecule has 34 heavy (non-hydrogen) atoms. The molecule has 0 amide bonds. The van der Waals surface area contributed by atoms with Gasteiger partial charge in [-0.2, -0.15) is 9.40 Å². The molecule has 1 aliphatic rings. The molecule has 1 fully saturated rings. The van der Waals surface area contributed by atoms with Crippen molar-refractivity contribution in [2.24, 2.45) is 7.05 Å². The fourth-order valence-corrected chi connectivity index (χ4v) is 5.70. The molecule has 1 saturated heterocycles. The van der Waals surface area contributed by atoms with Crippen LogP contribution in [0.3, 0.4) is 0 Å². The second-order valence-corrected chi connectivity index (χ2v) is 10.2. The first-order valence-corrected chi connectivity index (χ1v) is 13.1. The van der Waals surface area contributed by atoms with Crippen molar-refractivity contribution in [3.8, 4) is 17.3 Å². The Kier molecular flexibility index (Phi) is 7.01. The Morgan fingerprint density at radius 1 is 1.12 bits per heavy atom. The van der Waals surface area contributed by atoms with Crippen molar-refractivity contribution in [3.63, 3.8) is 0 Å². The highest BCUT2D eigenvalue weighted by Gasteiger charge is 2.30. The maximum absolute atomic E-state index is 13.4. The summed E-state index contributed by atoms with van der Waals surface area (Å²) in [5, 5.41) is 4.27. The van der Waals surface area contributed by atoms with Crippen LogP contribution >= 0.6 is 0 Å². The zero-order chi connectivity index (χ0) is 24.5. The van der Waals surface area contributed by atoms with Crippen molar-refractivity contribution in [1.29, 1.82) is 0 Å². The van der Waals surface area contributed by atoms with Gasteiger partial charge in [0.15, 0.2) is 5.52 Å². The van der Waals surface area contributed by atoms with E-state index in [0.717, 1.165) is 18.7 Å². The van der Waals surface area contributed by atoms with Crippen molar-refractivity contribution in [1.82, 2.24) is 33.9 Å². The van der Waals surface area contributed by atoms with Gasteiger partial charge in [0.25, 0.3) is 5.56 Å². The molecule has 4 heterocycles. The molecule has 1 aliphatic heterocycles. The van der Waals surface area contributed by atoms with Crippen LogP contribution in [0.15, 0.2) is 22.0 Å². The Bertz CT molecular complexity index is 1340. The van der Waals surface area contributed by atoms with E-state index < -0.39 is 15.6 Å². The normalized spacial score (nSPS) is 15.8. The molecule has 0 unspecified atom stereocenters. The molecule has 12 heteroatoms. The third-order valence-corrected chi connectivity index (χ3v) is 7.88. The van der Waals surface area contributed by atoms with E-state index in [1.54, 1.807) is 11.7 Å². The highest BCUT2D eigenvalue weighted by atomic mass is 32.2. The first-order chi connectivity index (χ1) is 16.3. The second-order valence-electron chi connectivity index (χ2n) is 8.24. The number of ether oxygens (including phenoxy) is 1. The van der Waals surface area contributed by atoms with Crippen LogP contribution in [0.4, 0.5) is 0 Å². The molecular formula is C22H31N7O4S. The minimum Gasteiger partial charge on any atom is -0.477 e. The van der Waals surface area contributed by atoms with Gasteiger partial charge in [0.2, 0.25) is 15.9 Å². The predicted octanol–water partition coefficient (Wildman–Crippen LogP) is 1.40. The van der Waals surface area contributed by atoms with Crippen molar-refractivity contribution < 1.29 is 13.2 Å². The maximum atomic E-state index is 13.4. The van der Waals surface area contributed by atoms with Crippen LogP contribution in [0.25, 0.3) is 22.4 Å². The van der Waals surface area contributed by atoms with Gasteiger partial charge in [-0.25, -0.2) is 18.4 Å². The number of aromatic nitrogens is 5. The van der Waals surface area contributed by atoms with E-state index in [1.807, 2.05) is 13.8 Å². The molecule has 3 aromatic heterocycles. The number of aryl methyl sites for hydroxylation is 2. The average molecular weight is 490 g/mol.